The maximum Gasteiger partial charge on any atom is 0.135 e. The minimum absolute atomic E-state index is 0.411. The van der Waals surface area contributed by atoms with E-state index in [0.29, 0.717) is 11.8 Å². The number of nitrogens with zero attached hydrogens (tertiary/aromatic N) is 3. The topological polar surface area (TPSA) is 61.3 Å². The van der Waals surface area contributed by atoms with Crippen LogP contribution in [0.15, 0.2) is 0 Å². The minimum Gasteiger partial charge on any atom is -0.389 e. The van der Waals surface area contributed by atoms with Gasteiger partial charge in [-0.25, -0.2) is 9.97 Å². The molecule has 5 heteroatoms. The van der Waals surface area contributed by atoms with Gasteiger partial charge in [-0.15, -0.1) is 0 Å². The summed E-state index contributed by atoms with van der Waals surface area (Å²) in [4.78, 5) is 12.5. The van der Waals surface area contributed by atoms with Crippen LogP contribution in [0.1, 0.15) is 67.9 Å². The molecule has 2 saturated carbocycles. The Labute approximate surface area is 150 Å². The molecule has 2 aliphatic carbocycles. The third-order valence-corrected chi connectivity index (χ3v) is 6.85. The molecule has 1 saturated heterocycles. The van der Waals surface area contributed by atoms with Gasteiger partial charge in [-0.05, 0) is 45.1 Å². The molecule has 0 aromatic carbocycles. The standard InChI is InChI=1S/C20H30N4O/c25-20-8-2-1-3-15(20)13-24(12-9-20)19-16-6-10-21-11-7-17(16)22-18(23-19)14-4-5-14/h14-15,21,25H,1-13H2/t15-,20-/m0/s1. The van der Waals surface area contributed by atoms with Crippen LogP contribution in [0.4, 0.5) is 5.82 Å². The molecule has 0 spiro atoms. The summed E-state index contributed by atoms with van der Waals surface area (Å²) in [5.74, 6) is 3.29. The predicted octanol–water partition coefficient (Wildman–Crippen LogP) is 2.17. The number of aliphatic hydroxyl groups is 1. The first kappa shape index (κ1) is 16.0. The van der Waals surface area contributed by atoms with Crippen molar-refractivity contribution >= 4 is 5.82 Å². The molecule has 0 radical (unpaired) electrons. The largest absolute Gasteiger partial charge is 0.389 e. The molecule has 0 unspecified atom stereocenters. The van der Waals surface area contributed by atoms with Gasteiger partial charge in [0.2, 0.25) is 0 Å². The zero-order valence-corrected chi connectivity index (χ0v) is 15.1. The fourth-order valence-corrected chi connectivity index (χ4v) is 5.09. The summed E-state index contributed by atoms with van der Waals surface area (Å²) in [6, 6.07) is 0. The summed E-state index contributed by atoms with van der Waals surface area (Å²) in [5.41, 5.74) is 2.23. The first-order chi connectivity index (χ1) is 12.2. The van der Waals surface area contributed by atoms with Crippen molar-refractivity contribution in [2.24, 2.45) is 5.92 Å². The Balaban J connectivity index is 1.49. The molecule has 1 aromatic rings. The van der Waals surface area contributed by atoms with E-state index in [1.807, 2.05) is 0 Å². The van der Waals surface area contributed by atoms with Gasteiger partial charge in [0.25, 0.3) is 0 Å². The molecule has 136 valence electrons. The summed E-state index contributed by atoms with van der Waals surface area (Å²) < 4.78 is 0. The fraction of sp³-hybridized carbons (Fsp3) is 0.800. The Morgan fingerprint density at radius 1 is 1.04 bits per heavy atom. The van der Waals surface area contributed by atoms with E-state index in [2.05, 4.69) is 10.2 Å². The van der Waals surface area contributed by atoms with E-state index >= 15 is 0 Å². The number of anilines is 1. The molecule has 2 N–H and O–H groups in total. The van der Waals surface area contributed by atoms with Crippen LogP contribution in [0.25, 0.3) is 0 Å². The van der Waals surface area contributed by atoms with Crippen molar-refractivity contribution < 1.29 is 5.11 Å². The SMILES string of the molecule is O[C@]12CCCC[C@H]1CN(c1nc(C3CC3)nc3c1CCNCC3)CC2. The van der Waals surface area contributed by atoms with Crippen LogP contribution in [0, 0.1) is 5.92 Å². The monoisotopic (exact) mass is 342 g/mol. The molecule has 2 aliphatic heterocycles. The molecule has 3 fully saturated rings. The molecule has 25 heavy (non-hydrogen) atoms. The third-order valence-electron chi connectivity index (χ3n) is 6.85. The van der Waals surface area contributed by atoms with Crippen LogP contribution < -0.4 is 10.2 Å². The molecule has 5 rings (SSSR count). The van der Waals surface area contributed by atoms with Crippen molar-refractivity contribution in [1.82, 2.24) is 15.3 Å². The van der Waals surface area contributed by atoms with Crippen molar-refractivity contribution in [3.8, 4) is 0 Å². The maximum absolute atomic E-state index is 11.0. The van der Waals surface area contributed by atoms with E-state index in [4.69, 9.17) is 9.97 Å². The van der Waals surface area contributed by atoms with Crippen LogP contribution in [0.2, 0.25) is 0 Å². The Hall–Kier alpha value is -1.20. The maximum atomic E-state index is 11.0. The van der Waals surface area contributed by atoms with Crippen LogP contribution in [0.5, 0.6) is 0 Å². The number of piperidine rings is 1. The first-order valence-corrected chi connectivity index (χ1v) is 10.3. The van der Waals surface area contributed by atoms with E-state index in [1.54, 1.807) is 0 Å². The van der Waals surface area contributed by atoms with Gasteiger partial charge in [0.15, 0.2) is 0 Å². The summed E-state index contributed by atoms with van der Waals surface area (Å²) in [6.45, 7) is 3.95. The lowest BCUT2D eigenvalue weighted by Gasteiger charge is -2.48. The van der Waals surface area contributed by atoms with Gasteiger partial charge in [0, 0.05) is 43.5 Å². The normalized spacial score (nSPS) is 32.7. The first-order valence-electron chi connectivity index (χ1n) is 10.3. The van der Waals surface area contributed by atoms with Gasteiger partial charge in [0.05, 0.1) is 11.3 Å². The molecule has 3 heterocycles. The van der Waals surface area contributed by atoms with Crippen molar-refractivity contribution in [2.75, 3.05) is 31.1 Å². The van der Waals surface area contributed by atoms with Gasteiger partial charge in [-0.1, -0.05) is 12.8 Å². The van der Waals surface area contributed by atoms with Gasteiger partial charge in [0.1, 0.15) is 11.6 Å². The Morgan fingerprint density at radius 2 is 1.92 bits per heavy atom. The predicted molar refractivity (Wildman–Crippen MR) is 98.0 cm³/mol. The van der Waals surface area contributed by atoms with Crippen molar-refractivity contribution in [2.45, 2.75) is 69.3 Å². The number of aromatic nitrogens is 2. The average Bonchev–Trinajstić information content (AvgIpc) is 3.46. The van der Waals surface area contributed by atoms with Crippen molar-refractivity contribution in [3.63, 3.8) is 0 Å². The molecule has 0 bridgehead atoms. The van der Waals surface area contributed by atoms with Gasteiger partial charge < -0.3 is 15.3 Å². The van der Waals surface area contributed by atoms with Gasteiger partial charge in [-0.2, -0.15) is 0 Å². The lowest BCUT2D eigenvalue weighted by Crippen LogP contribution is -2.53. The zero-order chi connectivity index (χ0) is 16.9. The number of hydrogen-bond acceptors (Lipinski definition) is 5. The Morgan fingerprint density at radius 3 is 2.80 bits per heavy atom. The average molecular weight is 342 g/mol. The molecular weight excluding hydrogens is 312 g/mol. The van der Waals surface area contributed by atoms with Gasteiger partial charge >= 0.3 is 0 Å². The van der Waals surface area contributed by atoms with Gasteiger partial charge in [-0.3, -0.25) is 0 Å². The molecule has 2 atom stereocenters. The quantitative estimate of drug-likeness (QED) is 0.863. The smallest absolute Gasteiger partial charge is 0.135 e. The summed E-state index contributed by atoms with van der Waals surface area (Å²) >= 11 is 0. The highest BCUT2D eigenvalue weighted by Gasteiger charge is 2.43. The number of hydrogen-bond donors (Lipinski definition) is 2. The van der Waals surface area contributed by atoms with Crippen LogP contribution in [-0.2, 0) is 12.8 Å². The van der Waals surface area contributed by atoms with E-state index in [1.165, 1.54) is 42.8 Å². The van der Waals surface area contributed by atoms with E-state index < -0.39 is 5.60 Å². The molecule has 0 amide bonds. The minimum atomic E-state index is -0.417. The summed E-state index contributed by atoms with van der Waals surface area (Å²) in [6.07, 6.45) is 10.0. The lowest BCUT2D eigenvalue weighted by atomic mass is 9.71. The summed E-state index contributed by atoms with van der Waals surface area (Å²) in [5, 5.41) is 14.5. The highest BCUT2D eigenvalue weighted by atomic mass is 16.3. The van der Waals surface area contributed by atoms with Crippen molar-refractivity contribution in [1.29, 1.82) is 0 Å². The van der Waals surface area contributed by atoms with E-state index in [-0.39, 0.29) is 0 Å². The van der Waals surface area contributed by atoms with Crippen LogP contribution >= 0.6 is 0 Å². The molecule has 5 nitrogen and oxygen atoms in total. The second kappa shape index (κ2) is 6.20. The van der Waals surface area contributed by atoms with Crippen LogP contribution in [0.3, 0.4) is 0 Å². The Bertz CT molecular complexity index is 659. The number of rotatable bonds is 2. The van der Waals surface area contributed by atoms with E-state index in [0.717, 1.165) is 64.1 Å². The zero-order valence-electron chi connectivity index (χ0n) is 15.1. The molecule has 4 aliphatic rings. The summed E-state index contributed by atoms with van der Waals surface area (Å²) in [7, 11) is 0. The Kier molecular flexibility index (Phi) is 3.97. The molecular formula is C20H30N4O. The second-order valence-corrected chi connectivity index (χ2v) is 8.60. The second-order valence-electron chi connectivity index (χ2n) is 8.60. The lowest BCUT2D eigenvalue weighted by molar-refractivity contribution is -0.0614. The highest BCUT2D eigenvalue weighted by Crippen LogP contribution is 2.43. The fourth-order valence-electron chi connectivity index (χ4n) is 5.09. The molecule has 1 aromatic heterocycles. The van der Waals surface area contributed by atoms with E-state index in [9.17, 15) is 5.11 Å². The number of nitrogens with one attached hydrogen (secondary N) is 1. The number of fused-ring (bicyclic) bond motifs is 2. The highest BCUT2D eigenvalue weighted by molar-refractivity contribution is 5.51. The van der Waals surface area contributed by atoms with Crippen LogP contribution in [-0.4, -0.2) is 46.9 Å². The third kappa shape index (κ3) is 2.95. The van der Waals surface area contributed by atoms with Crippen molar-refractivity contribution in [3.05, 3.63) is 17.1 Å².